The molecule has 2 heteroatoms. The number of benzene rings is 2. The lowest BCUT2D eigenvalue weighted by Crippen LogP contribution is -2.13. The van der Waals surface area contributed by atoms with Gasteiger partial charge in [0.25, 0.3) is 0 Å². The van der Waals surface area contributed by atoms with Gasteiger partial charge in [-0.05, 0) is 37.0 Å². The fraction of sp³-hybridized carbons (Fsp3) is 0.273. The molecule has 0 atom stereocenters. The second-order valence-electron chi connectivity index (χ2n) is 7.10. The molecule has 3 aromatic rings. The number of para-hydroxylation sites is 2. The zero-order chi connectivity index (χ0) is 16.3. The van der Waals surface area contributed by atoms with Crippen LogP contribution in [0.25, 0.3) is 16.5 Å². The molecule has 2 aromatic carbocycles. The zero-order valence-electron chi connectivity index (χ0n) is 14.3. The van der Waals surface area contributed by atoms with Crippen molar-refractivity contribution in [3.63, 3.8) is 0 Å². The number of nitrogens with zero attached hydrogens (tertiary/aromatic N) is 1. The second kappa shape index (κ2) is 5.01. The lowest BCUT2D eigenvalue weighted by molar-refractivity contribution is 0.829. The van der Waals surface area contributed by atoms with Crippen LogP contribution in [0.2, 0.25) is 0 Å². The average molecular weight is 314 g/mol. The molecule has 0 spiro atoms. The Labute approximate surface area is 142 Å². The molecule has 1 N–H and O–H groups in total. The number of aromatic nitrogens is 1. The van der Waals surface area contributed by atoms with Crippen molar-refractivity contribution in [3.8, 4) is 0 Å². The minimum Gasteiger partial charge on any atom is -0.384 e. The minimum atomic E-state index is 1.06. The van der Waals surface area contributed by atoms with Gasteiger partial charge in [-0.1, -0.05) is 42.0 Å². The molecule has 5 rings (SSSR count). The molecule has 24 heavy (non-hydrogen) atoms. The number of aryl methyl sites for hydroxylation is 2. The average Bonchev–Trinajstić information content (AvgIpc) is 3.09. The fourth-order valence-corrected chi connectivity index (χ4v) is 4.57. The fourth-order valence-electron chi connectivity index (χ4n) is 4.57. The zero-order valence-corrected chi connectivity index (χ0v) is 14.3. The first kappa shape index (κ1) is 13.9. The molecule has 0 saturated heterocycles. The molecule has 1 aromatic heterocycles. The van der Waals surface area contributed by atoms with Gasteiger partial charge in [-0.15, -0.1) is 0 Å². The number of anilines is 1. The summed E-state index contributed by atoms with van der Waals surface area (Å²) in [6.45, 7) is 3.38. The molecule has 2 nitrogen and oxygen atoms in total. The van der Waals surface area contributed by atoms with Crippen molar-refractivity contribution in [1.29, 1.82) is 0 Å². The van der Waals surface area contributed by atoms with Crippen LogP contribution in [0.5, 0.6) is 0 Å². The van der Waals surface area contributed by atoms with Crippen molar-refractivity contribution in [2.45, 2.75) is 26.2 Å². The number of rotatable bonds is 1. The van der Waals surface area contributed by atoms with Crippen molar-refractivity contribution < 1.29 is 0 Å². The van der Waals surface area contributed by atoms with Crippen molar-refractivity contribution >= 4 is 22.2 Å². The topological polar surface area (TPSA) is 17.0 Å². The molecule has 2 aliphatic rings. The highest BCUT2D eigenvalue weighted by molar-refractivity contribution is 6.04. The predicted octanol–water partition coefficient (Wildman–Crippen LogP) is 4.91. The van der Waals surface area contributed by atoms with Crippen LogP contribution in [-0.2, 0) is 19.9 Å². The second-order valence-corrected chi connectivity index (χ2v) is 7.10. The Hall–Kier alpha value is -2.48. The number of hydrogen-bond acceptors (Lipinski definition) is 1. The molecule has 0 amide bonds. The molecule has 0 bridgehead atoms. The number of hydrogen-bond donors (Lipinski definition) is 1. The van der Waals surface area contributed by atoms with Gasteiger partial charge >= 0.3 is 0 Å². The number of allylic oxidation sites excluding steroid dienone is 1. The highest BCUT2D eigenvalue weighted by atomic mass is 15.0. The van der Waals surface area contributed by atoms with E-state index in [9.17, 15) is 0 Å². The van der Waals surface area contributed by atoms with Crippen molar-refractivity contribution in [3.05, 3.63) is 70.4 Å². The van der Waals surface area contributed by atoms with Gasteiger partial charge in [-0.2, -0.15) is 0 Å². The van der Waals surface area contributed by atoms with E-state index in [1.807, 2.05) is 0 Å². The van der Waals surface area contributed by atoms with E-state index in [1.165, 1.54) is 63.0 Å². The summed E-state index contributed by atoms with van der Waals surface area (Å²) in [6, 6.07) is 15.6. The number of fused-ring (bicyclic) bond motifs is 4. The van der Waals surface area contributed by atoms with E-state index in [0.29, 0.717) is 0 Å². The first-order chi connectivity index (χ1) is 11.8. The van der Waals surface area contributed by atoms with Gasteiger partial charge in [0.05, 0.1) is 0 Å². The van der Waals surface area contributed by atoms with Gasteiger partial charge < -0.3 is 9.88 Å². The molecular formula is C22H22N2. The van der Waals surface area contributed by atoms with Gasteiger partial charge in [-0.25, -0.2) is 0 Å². The van der Waals surface area contributed by atoms with Gasteiger partial charge in [0.15, 0.2) is 0 Å². The third kappa shape index (κ3) is 1.77. The molecule has 0 saturated carbocycles. The van der Waals surface area contributed by atoms with Crippen LogP contribution in [0.4, 0.5) is 5.69 Å². The van der Waals surface area contributed by atoms with Gasteiger partial charge in [0.1, 0.15) is 0 Å². The summed E-state index contributed by atoms with van der Waals surface area (Å²) >= 11 is 0. The van der Waals surface area contributed by atoms with Crippen molar-refractivity contribution in [2.75, 3.05) is 11.9 Å². The Morgan fingerprint density at radius 1 is 1.04 bits per heavy atom. The van der Waals surface area contributed by atoms with E-state index in [1.54, 1.807) is 0 Å². The Kier molecular flexibility index (Phi) is 2.90. The van der Waals surface area contributed by atoms with Crippen LogP contribution in [0.15, 0.2) is 48.0 Å². The van der Waals surface area contributed by atoms with Crippen LogP contribution < -0.4 is 5.32 Å². The largest absolute Gasteiger partial charge is 0.384 e. The highest BCUT2D eigenvalue weighted by Crippen LogP contribution is 2.45. The first-order valence-corrected chi connectivity index (χ1v) is 8.88. The van der Waals surface area contributed by atoms with E-state index < -0.39 is 0 Å². The van der Waals surface area contributed by atoms with Crippen molar-refractivity contribution in [1.82, 2.24) is 4.57 Å². The summed E-state index contributed by atoms with van der Waals surface area (Å²) in [4.78, 5) is 0. The monoisotopic (exact) mass is 314 g/mol. The van der Waals surface area contributed by atoms with E-state index in [0.717, 1.165) is 13.0 Å². The quantitative estimate of drug-likeness (QED) is 0.675. The van der Waals surface area contributed by atoms with Crippen LogP contribution in [0.3, 0.4) is 0 Å². The lowest BCUT2D eigenvalue weighted by atomic mass is 9.91. The van der Waals surface area contributed by atoms with E-state index in [4.69, 9.17) is 0 Å². The van der Waals surface area contributed by atoms with E-state index in [2.05, 4.69) is 66.3 Å². The molecule has 0 fully saturated rings. The maximum absolute atomic E-state index is 3.67. The Bertz CT molecular complexity index is 1000. The Morgan fingerprint density at radius 2 is 1.92 bits per heavy atom. The first-order valence-electron chi connectivity index (χ1n) is 8.88. The maximum atomic E-state index is 3.67. The normalized spacial score (nSPS) is 16.2. The third-order valence-electron chi connectivity index (χ3n) is 5.68. The van der Waals surface area contributed by atoms with Crippen LogP contribution in [0, 0.1) is 0 Å². The molecule has 0 radical (unpaired) electrons. The SMILES string of the molecule is CC1=C(c2cccc3c2NCCC3)c2c(n(C)c3ccccc23)C1. The molecule has 120 valence electrons. The smallest absolute Gasteiger partial charge is 0.0486 e. The van der Waals surface area contributed by atoms with Gasteiger partial charge in [0.2, 0.25) is 0 Å². The summed E-state index contributed by atoms with van der Waals surface area (Å²) in [6.07, 6.45) is 3.47. The van der Waals surface area contributed by atoms with Gasteiger partial charge in [0, 0.05) is 53.4 Å². The molecule has 1 aliphatic carbocycles. The third-order valence-corrected chi connectivity index (χ3v) is 5.68. The summed E-state index contributed by atoms with van der Waals surface area (Å²) < 4.78 is 2.38. The molecular weight excluding hydrogens is 292 g/mol. The van der Waals surface area contributed by atoms with Crippen LogP contribution >= 0.6 is 0 Å². The van der Waals surface area contributed by atoms with Crippen molar-refractivity contribution in [2.24, 2.45) is 7.05 Å². The summed E-state index contributed by atoms with van der Waals surface area (Å²) in [7, 11) is 2.20. The standard InChI is InChI=1S/C22H22N2/c1-14-13-19-21(16-9-3-4-11-18(16)24(19)2)20(14)17-10-5-7-15-8-6-12-23-22(15)17/h3-5,7,9-11,23H,6,8,12-13H2,1-2H3. The lowest BCUT2D eigenvalue weighted by Gasteiger charge is -2.22. The summed E-state index contributed by atoms with van der Waals surface area (Å²) in [5.74, 6) is 0. The van der Waals surface area contributed by atoms with Crippen LogP contribution in [-0.4, -0.2) is 11.1 Å². The Balaban J connectivity index is 1.81. The predicted molar refractivity (Wildman–Crippen MR) is 102 cm³/mol. The summed E-state index contributed by atoms with van der Waals surface area (Å²) in [5.41, 5.74) is 11.4. The highest BCUT2D eigenvalue weighted by Gasteiger charge is 2.28. The summed E-state index contributed by atoms with van der Waals surface area (Å²) in [5, 5.41) is 5.06. The van der Waals surface area contributed by atoms with Crippen LogP contribution in [0.1, 0.15) is 35.7 Å². The van der Waals surface area contributed by atoms with E-state index >= 15 is 0 Å². The minimum absolute atomic E-state index is 1.06. The number of nitrogens with one attached hydrogen (secondary N) is 1. The molecule has 0 unspecified atom stereocenters. The van der Waals surface area contributed by atoms with Gasteiger partial charge in [-0.3, -0.25) is 0 Å². The molecule has 2 heterocycles. The van der Waals surface area contributed by atoms with E-state index in [-0.39, 0.29) is 0 Å². The molecule has 1 aliphatic heterocycles. The Morgan fingerprint density at radius 3 is 2.83 bits per heavy atom. The maximum Gasteiger partial charge on any atom is 0.0486 e.